The van der Waals surface area contributed by atoms with Crippen molar-refractivity contribution in [1.82, 2.24) is 15.1 Å². The molecule has 1 aromatic carbocycles. The van der Waals surface area contributed by atoms with Crippen LogP contribution in [0.2, 0.25) is 0 Å². The Kier molecular flexibility index (Phi) is 4.48. The third kappa shape index (κ3) is 3.58. The maximum Gasteiger partial charge on any atom is 0.269 e. The molecule has 2 aliphatic heterocycles. The van der Waals surface area contributed by atoms with E-state index < -0.39 is 0 Å². The predicted molar refractivity (Wildman–Crippen MR) is 81.2 cm³/mol. The van der Waals surface area contributed by atoms with Gasteiger partial charge in [0, 0.05) is 57.4 Å². The molecule has 2 fully saturated rings. The van der Waals surface area contributed by atoms with Crippen molar-refractivity contribution >= 4 is 5.69 Å². The average molecular weight is 290 g/mol. The van der Waals surface area contributed by atoms with Crippen molar-refractivity contribution in [2.45, 2.75) is 19.0 Å². The van der Waals surface area contributed by atoms with Crippen LogP contribution < -0.4 is 5.32 Å². The van der Waals surface area contributed by atoms with Crippen LogP contribution in [0.25, 0.3) is 0 Å². The summed E-state index contributed by atoms with van der Waals surface area (Å²) in [7, 11) is 0. The Morgan fingerprint density at radius 2 is 2.10 bits per heavy atom. The zero-order valence-corrected chi connectivity index (χ0v) is 12.2. The van der Waals surface area contributed by atoms with Gasteiger partial charge in [0.15, 0.2) is 0 Å². The molecule has 1 unspecified atom stereocenters. The number of hydrogen-bond acceptors (Lipinski definition) is 5. The fourth-order valence-electron chi connectivity index (χ4n) is 3.26. The van der Waals surface area contributed by atoms with E-state index in [1.54, 1.807) is 18.2 Å². The van der Waals surface area contributed by atoms with E-state index in [-0.39, 0.29) is 10.6 Å². The maximum atomic E-state index is 10.8. The second-order valence-corrected chi connectivity index (χ2v) is 5.89. The molecule has 6 heteroatoms. The number of rotatable bonds is 4. The van der Waals surface area contributed by atoms with Gasteiger partial charge in [0.2, 0.25) is 0 Å². The third-order valence-electron chi connectivity index (χ3n) is 4.49. The van der Waals surface area contributed by atoms with E-state index in [4.69, 9.17) is 0 Å². The Labute approximate surface area is 124 Å². The minimum atomic E-state index is -0.325. The van der Waals surface area contributed by atoms with E-state index in [1.165, 1.54) is 6.42 Å². The van der Waals surface area contributed by atoms with Crippen LogP contribution in [0.5, 0.6) is 0 Å². The fraction of sp³-hybridized carbons (Fsp3) is 0.600. The van der Waals surface area contributed by atoms with Gasteiger partial charge in [-0.15, -0.1) is 0 Å². The van der Waals surface area contributed by atoms with Crippen molar-refractivity contribution in [3.63, 3.8) is 0 Å². The first-order valence-corrected chi connectivity index (χ1v) is 7.63. The van der Waals surface area contributed by atoms with Crippen molar-refractivity contribution in [3.8, 4) is 0 Å². The molecular formula is C15H22N4O2. The molecule has 3 rings (SSSR count). The second-order valence-electron chi connectivity index (χ2n) is 5.89. The van der Waals surface area contributed by atoms with Crippen LogP contribution in [-0.4, -0.2) is 60.0 Å². The van der Waals surface area contributed by atoms with Crippen molar-refractivity contribution in [3.05, 3.63) is 39.9 Å². The fourth-order valence-corrected chi connectivity index (χ4v) is 3.26. The first-order chi connectivity index (χ1) is 10.2. The highest BCUT2D eigenvalue weighted by Gasteiger charge is 2.25. The number of nitrogens with one attached hydrogen (secondary N) is 1. The van der Waals surface area contributed by atoms with E-state index in [9.17, 15) is 10.1 Å². The van der Waals surface area contributed by atoms with Crippen LogP contribution in [0.4, 0.5) is 5.69 Å². The number of benzene rings is 1. The molecule has 0 bridgehead atoms. The lowest BCUT2D eigenvalue weighted by molar-refractivity contribution is -0.384. The summed E-state index contributed by atoms with van der Waals surface area (Å²) in [6.45, 7) is 7.34. The lowest BCUT2D eigenvalue weighted by Gasteiger charge is -2.37. The van der Waals surface area contributed by atoms with Crippen molar-refractivity contribution < 1.29 is 4.92 Å². The van der Waals surface area contributed by atoms with Gasteiger partial charge >= 0.3 is 0 Å². The Hall–Kier alpha value is -1.50. The Morgan fingerprint density at radius 1 is 1.29 bits per heavy atom. The topological polar surface area (TPSA) is 61.7 Å². The molecule has 0 amide bonds. The number of piperazine rings is 1. The van der Waals surface area contributed by atoms with Gasteiger partial charge in [-0.3, -0.25) is 19.9 Å². The number of nitro groups is 1. The standard InChI is InChI=1S/C15H22N4O2/c20-19(21)14-3-1-2-13(10-14)12-17-6-8-18(9-7-17)15-4-5-16-11-15/h1-3,10,15-16H,4-9,11-12H2. The molecule has 0 radical (unpaired) electrons. The maximum absolute atomic E-state index is 10.8. The molecule has 1 aromatic rings. The van der Waals surface area contributed by atoms with Crippen molar-refractivity contribution in [2.75, 3.05) is 39.3 Å². The van der Waals surface area contributed by atoms with Gasteiger partial charge in [0.25, 0.3) is 5.69 Å². The third-order valence-corrected chi connectivity index (χ3v) is 4.49. The van der Waals surface area contributed by atoms with Gasteiger partial charge in [-0.05, 0) is 18.5 Å². The number of nitrogens with zero attached hydrogens (tertiary/aromatic N) is 3. The Balaban J connectivity index is 1.53. The summed E-state index contributed by atoms with van der Waals surface area (Å²) in [5.41, 5.74) is 1.21. The zero-order valence-electron chi connectivity index (χ0n) is 12.2. The first kappa shape index (κ1) is 14.4. The highest BCUT2D eigenvalue weighted by atomic mass is 16.6. The zero-order chi connectivity index (χ0) is 14.7. The van der Waals surface area contributed by atoms with Gasteiger partial charge in [-0.25, -0.2) is 0 Å². The van der Waals surface area contributed by atoms with Crippen molar-refractivity contribution in [1.29, 1.82) is 0 Å². The van der Waals surface area contributed by atoms with Crippen LogP contribution in [0, 0.1) is 10.1 Å². The lowest BCUT2D eigenvalue weighted by Crippen LogP contribution is -2.50. The normalized spacial score (nSPS) is 24.3. The van der Waals surface area contributed by atoms with Crippen LogP contribution in [0.15, 0.2) is 24.3 Å². The summed E-state index contributed by atoms with van der Waals surface area (Å²) in [6, 6.07) is 7.68. The number of hydrogen-bond donors (Lipinski definition) is 1. The highest BCUT2D eigenvalue weighted by Crippen LogP contribution is 2.17. The largest absolute Gasteiger partial charge is 0.315 e. The molecule has 0 saturated carbocycles. The molecule has 0 aromatic heterocycles. The van der Waals surface area contributed by atoms with Crippen LogP contribution in [-0.2, 0) is 6.54 Å². The summed E-state index contributed by atoms with van der Waals surface area (Å²) in [5.74, 6) is 0. The molecular weight excluding hydrogens is 268 g/mol. The molecule has 1 N–H and O–H groups in total. The highest BCUT2D eigenvalue weighted by molar-refractivity contribution is 5.34. The van der Waals surface area contributed by atoms with Crippen LogP contribution in [0.1, 0.15) is 12.0 Å². The van der Waals surface area contributed by atoms with E-state index in [0.29, 0.717) is 6.04 Å². The summed E-state index contributed by atoms with van der Waals surface area (Å²) >= 11 is 0. The van der Waals surface area contributed by atoms with E-state index in [2.05, 4.69) is 15.1 Å². The molecule has 114 valence electrons. The SMILES string of the molecule is O=[N+]([O-])c1cccc(CN2CCN(C3CCNC3)CC2)c1. The molecule has 21 heavy (non-hydrogen) atoms. The van der Waals surface area contributed by atoms with E-state index in [0.717, 1.165) is 51.4 Å². The summed E-state index contributed by atoms with van der Waals surface area (Å²) < 4.78 is 0. The minimum Gasteiger partial charge on any atom is -0.315 e. The Morgan fingerprint density at radius 3 is 2.76 bits per heavy atom. The molecule has 1 atom stereocenters. The molecule has 2 heterocycles. The molecule has 6 nitrogen and oxygen atoms in total. The quantitative estimate of drug-likeness (QED) is 0.664. The molecule has 2 aliphatic rings. The predicted octanol–water partition coefficient (Wildman–Crippen LogP) is 1.07. The van der Waals surface area contributed by atoms with Gasteiger partial charge in [0.05, 0.1) is 4.92 Å². The van der Waals surface area contributed by atoms with E-state index in [1.807, 2.05) is 6.07 Å². The summed E-state index contributed by atoms with van der Waals surface area (Å²) in [4.78, 5) is 15.5. The van der Waals surface area contributed by atoms with Crippen molar-refractivity contribution in [2.24, 2.45) is 0 Å². The summed E-state index contributed by atoms with van der Waals surface area (Å²) in [6.07, 6.45) is 1.25. The Bertz CT molecular complexity index is 494. The van der Waals surface area contributed by atoms with Crippen LogP contribution in [0.3, 0.4) is 0 Å². The number of nitro benzene ring substituents is 1. The monoisotopic (exact) mass is 290 g/mol. The number of non-ortho nitro benzene ring substituents is 1. The average Bonchev–Trinajstić information content (AvgIpc) is 3.02. The van der Waals surface area contributed by atoms with Gasteiger partial charge in [0.1, 0.15) is 0 Å². The lowest BCUT2D eigenvalue weighted by atomic mass is 10.1. The van der Waals surface area contributed by atoms with E-state index >= 15 is 0 Å². The van der Waals surface area contributed by atoms with Gasteiger partial charge in [-0.1, -0.05) is 12.1 Å². The first-order valence-electron chi connectivity index (χ1n) is 7.63. The van der Waals surface area contributed by atoms with Gasteiger partial charge in [-0.2, -0.15) is 0 Å². The smallest absolute Gasteiger partial charge is 0.269 e. The molecule has 0 spiro atoms. The minimum absolute atomic E-state index is 0.183. The molecule has 0 aliphatic carbocycles. The van der Waals surface area contributed by atoms with Gasteiger partial charge < -0.3 is 5.32 Å². The van der Waals surface area contributed by atoms with Crippen LogP contribution >= 0.6 is 0 Å². The second kappa shape index (κ2) is 6.51. The summed E-state index contributed by atoms with van der Waals surface area (Å²) in [5, 5.41) is 14.2. The molecule has 2 saturated heterocycles.